The molecule has 0 radical (unpaired) electrons. The first-order valence-electron chi connectivity index (χ1n) is 10.9. The van der Waals surface area contributed by atoms with Gasteiger partial charge in [-0.2, -0.15) is 0 Å². The fraction of sp³-hybridized carbons (Fsp3) is 0.385. The molecular weight excluding hydrogens is 404 g/mol. The molecule has 0 bridgehead atoms. The van der Waals surface area contributed by atoms with Gasteiger partial charge in [0, 0.05) is 24.7 Å². The third-order valence-corrected chi connectivity index (χ3v) is 5.67. The second-order valence-electron chi connectivity index (χ2n) is 9.31. The van der Waals surface area contributed by atoms with Crippen LogP contribution in [0.15, 0.2) is 54.6 Å². The molecule has 3 rings (SSSR count). The summed E-state index contributed by atoms with van der Waals surface area (Å²) in [4.78, 5) is 26.4. The predicted octanol–water partition coefficient (Wildman–Crippen LogP) is 5.51. The molecule has 0 aromatic heterocycles. The first-order valence-corrected chi connectivity index (χ1v) is 10.9. The maximum atomic E-state index is 12.7. The van der Waals surface area contributed by atoms with Crippen LogP contribution < -0.4 is 5.32 Å². The molecule has 2 aromatic rings. The summed E-state index contributed by atoms with van der Waals surface area (Å²) >= 11 is 0. The Bertz CT molecular complexity index is 985. The van der Waals surface area contributed by atoms with Crippen molar-refractivity contribution in [2.75, 3.05) is 25.5 Å². The normalized spacial score (nSPS) is 15.9. The average molecular weight is 437 g/mol. The Balaban J connectivity index is 1.94. The molecule has 1 amide bonds. The topological polar surface area (TPSA) is 78.9 Å². The second kappa shape index (κ2) is 10.0. The van der Waals surface area contributed by atoms with E-state index < -0.39 is 17.5 Å². The lowest BCUT2D eigenvalue weighted by Crippen LogP contribution is -2.36. The number of amides is 1. The Morgan fingerprint density at radius 1 is 1.09 bits per heavy atom. The zero-order valence-corrected chi connectivity index (χ0v) is 19.2. The molecular formula is C26H32N2O4. The molecule has 1 heterocycles. The molecule has 0 atom stereocenters. The summed E-state index contributed by atoms with van der Waals surface area (Å²) in [6.07, 6.45) is 2.26. The van der Waals surface area contributed by atoms with Gasteiger partial charge in [-0.05, 0) is 48.1 Å². The summed E-state index contributed by atoms with van der Waals surface area (Å²) in [6, 6.07) is 15.4. The summed E-state index contributed by atoms with van der Waals surface area (Å²) in [6.45, 7) is 7.70. The van der Waals surface area contributed by atoms with Crippen LogP contribution in [0.4, 0.5) is 10.5 Å². The van der Waals surface area contributed by atoms with E-state index in [1.807, 2.05) is 69.3 Å². The number of rotatable bonds is 5. The van der Waals surface area contributed by atoms with Crippen molar-refractivity contribution in [2.24, 2.45) is 5.41 Å². The van der Waals surface area contributed by atoms with Gasteiger partial charge in [0.2, 0.25) is 0 Å². The minimum Gasteiger partial charge on any atom is -0.478 e. The standard InChI is InChI=1S/C26H32N2O4/c1-26(2,3)22(17-24(29)30)19-10-11-21(18-8-6-5-7-9-18)23(16-19)27-25(31)32-20-12-14-28(4)15-13-20/h5-11,16-17,20H,12-15H2,1-4H3,(H,27,31)(H,29,30)/b22-17-. The maximum Gasteiger partial charge on any atom is 0.411 e. The average Bonchev–Trinajstić information content (AvgIpc) is 2.73. The molecule has 0 unspecified atom stereocenters. The van der Waals surface area contributed by atoms with Crippen molar-refractivity contribution in [3.63, 3.8) is 0 Å². The van der Waals surface area contributed by atoms with Gasteiger partial charge in [0.25, 0.3) is 0 Å². The lowest BCUT2D eigenvalue weighted by Gasteiger charge is -2.28. The number of carbonyl (C=O) groups is 2. The SMILES string of the molecule is CN1CCC(OC(=O)Nc2cc(/C(=C/C(=O)O)C(C)(C)C)ccc2-c2ccccc2)CC1. The van der Waals surface area contributed by atoms with Gasteiger partial charge in [0.15, 0.2) is 0 Å². The van der Waals surface area contributed by atoms with Crippen molar-refractivity contribution in [2.45, 2.75) is 39.7 Å². The van der Waals surface area contributed by atoms with E-state index in [1.165, 1.54) is 6.08 Å². The Kier molecular flexibility index (Phi) is 7.36. The van der Waals surface area contributed by atoms with Crippen molar-refractivity contribution in [1.29, 1.82) is 0 Å². The molecule has 32 heavy (non-hydrogen) atoms. The minimum atomic E-state index is -1.00. The van der Waals surface area contributed by atoms with Crippen molar-refractivity contribution in [3.8, 4) is 11.1 Å². The Morgan fingerprint density at radius 3 is 2.34 bits per heavy atom. The molecule has 1 aliphatic heterocycles. The second-order valence-corrected chi connectivity index (χ2v) is 9.31. The minimum absolute atomic E-state index is 0.105. The molecule has 1 aliphatic rings. The number of aliphatic carboxylic acids is 1. The third-order valence-electron chi connectivity index (χ3n) is 5.67. The number of piperidine rings is 1. The summed E-state index contributed by atoms with van der Waals surface area (Å²) < 4.78 is 5.68. The number of likely N-dealkylation sites (tertiary alicyclic amines) is 1. The van der Waals surface area contributed by atoms with Crippen LogP contribution in [0.3, 0.4) is 0 Å². The van der Waals surface area contributed by atoms with E-state index in [2.05, 4.69) is 17.3 Å². The summed E-state index contributed by atoms with van der Waals surface area (Å²) in [5.74, 6) is -1.00. The summed E-state index contributed by atoms with van der Waals surface area (Å²) in [7, 11) is 2.06. The highest BCUT2D eigenvalue weighted by atomic mass is 16.6. The fourth-order valence-corrected chi connectivity index (χ4v) is 3.93. The number of anilines is 1. The Hall–Kier alpha value is -3.12. The largest absolute Gasteiger partial charge is 0.478 e. The Morgan fingerprint density at radius 2 is 1.75 bits per heavy atom. The highest BCUT2D eigenvalue weighted by Gasteiger charge is 2.23. The van der Waals surface area contributed by atoms with E-state index in [0.717, 1.165) is 42.6 Å². The zero-order valence-electron chi connectivity index (χ0n) is 19.2. The van der Waals surface area contributed by atoms with Crippen LogP contribution in [0.25, 0.3) is 16.7 Å². The number of hydrogen-bond donors (Lipinski definition) is 2. The molecule has 2 N–H and O–H groups in total. The lowest BCUT2D eigenvalue weighted by atomic mass is 9.81. The van der Waals surface area contributed by atoms with Crippen LogP contribution in [0, 0.1) is 5.41 Å². The molecule has 6 nitrogen and oxygen atoms in total. The maximum absolute atomic E-state index is 12.7. The summed E-state index contributed by atoms with van der Waals surface area (Å²) in [5, 5.41) is 12.3. The van der Waals surface area contributed by atoms with Crippen LogP contribution in [0.2, 0.25) is 0 Å². The van der Waals surface area contributed by atoms with E-state index in [1.54, 1.807) is 0 Å². The van der Waals surface area contributed by atoms with Gasteiger partial charge in [-0.1, -0.05) is 63.2 Å². The first-order chi connectivity index (χ1) is 15.1. The molecule has 2 aromatic carbocycles. The molecule has 0 spiro atoms. The van der Waals surface area contributed by atoms with Crippen LogP contribution >= 0.6 is 0 Å². The van der Waals surface area contributed by atoms with E-state index in [4.69, 9.17) is 4.74 Å². The fourth-order valence-electron chi connectivity index (χ4n) is 3.93. The lowest BCUT2D eigenvalue weighted by molar-refractivity contribution is -0.131. The monoisotopic (exact) mass is 436 g/mol. The predicted molar refractivity (Wildman–Crippen MR) is 128 cm³/mol. The molecule has 1 fully saturated rings. The van der Waals surface area contributed by atoms with Crippen molar-refractivity contribution >= 4 is 23.3 Å². The quantitative estimate of drug-likeness (QED) is 0.604. The van der Waals surface area contributed by atoms with Crippen molar-refractivity contribution in [1.82, 2.24) is 4.90 Å². The van der Waals surface area contributed by atoms with Gasteiger partial charge in [-0.3, -0.25) is 5.32 Å². The van der Waals surface area contributed by atoms with Gasteiger partial charge >= 0.3 is 12.1 Å². The summed E-state index contributed by atoms with van der Waals surface area (Å²) in [5.41, 5.74) is 3.42. The molecule has 1 saturated heterocycles. The van der Waals surface area contributed by atoms with Crippen LogP contribution in [0.5, 0.6) is 0 Å². The van der Waals surface area contributed by atoms with E-state index in [0.29, 0.717) is 11.3 Å². The molecule has 0 aliphatic carbocycles. The van der Waals surface area contributed by atoms with E-state index in [-0.39, 0.29) is 6.10 Å². The van der Waals surface area contributed by atoms with Crippen molar-refractivity contribution < 1.29 is 19.4 Å². The van der Waals surface area contributed by atoms with Crippen molar-refractivity contribution in [3.05, 3.63) is 60.2 Å². The van der Waals surface area contributed by atoms with Crippen LogP contribution in [-0.2, 0) is 9.53 Å². The number of hydrogen-bond acceptors (Lipinski definition) is 4. The third kappa shape index (κ3) is 6.20. The van der Waals surface area contributed by atoms with E-state index >= 15 is 0 Å². The number of ether oxygens (including phenoxy) is 1. The number of nitrogens with zero attached hydrogens (tertiary/aromatic N) is 1. The van der Waals surface area contributed by atoms with Gasteiger partial charge in [0.05, 0.1) is 5.69 Å². The molecule has 170 valence electrons. The first kappa shape index (κ1) is 23.5. The zero-order chi connectivity index (χ0) is 23.3. The molecule has 6 heteroatoms. The number of carboxylic acids is 1. The number of nitrogens with one attached hydrogen (secondary N) is 1. The van der Waals surface area contributed by atoms with Gasteiger partial charge < -0.3 is 14.7 Å². The number of carbonyl (C=O) groups excluding carboxylic acids is 1. The highest BCUT2D eigenvalue weighted by molar-refractivity contribution is 5.95. The van der Waals surface area contributed by atoms with E-state index in [9.17, 15) is 14.7 Å². The number of carboxylic acid groups (broad SMARTS) is 1. The van der Waals surface area contributed by atoms with Gasteiger partial charge in [-0.25, -0.2) is 9.59 Å². The van der Waals surface area contributed by atoms with Gasteiger partial charge in [-0.15, -0.1) is 0 Å². The van der Waals surface area contributed by atoms with Crippen LogP contribution in [0.1, 0.15) is 39.2 Å². The van der Waals surface area contributed by atoms with Gasteiger partial charge in [0.1, 0.15) is 6.10 Å². The smallest absolute Gasteiger partial charge is 0.411 e. The molecule has 0 saturated carbocycles. The Labute approximate surface area is 189 Å². The highest BCUT2D eigenvalue weighted by Crippen LogP contribution is 2.38. The van der Waals surface area contributed by atoms with Crippen LogP contribution in [-0.4, -0.2) is 48.3 Å². The number of allylic oxidation sites excluding steroid dienone is 1. The number of benzene rings is 2.